The molecule has 1 aromatic carbocycles. The van der Waals surface area contributed by atoms with Gasteiger partial charge in [-0.15, -0.1) is 0 Å². The predicted octanol–water partition coefficient (Wildman–Crippen LogP) is 3.77. The van der Waals surface area contributed by atoms with E-state index in [1.54, 1.807) is 13.8 Å². The topological polar surface area (TPSA) is 72.8 Å². The van der Waals surface area contributed by atoms with E-state index in [1.165, 1.54) is 0 Å². The maximum atomic E-state index is 12.0. The molecule has 1 aliphatic rings. The van der Waals surface area contributed by atoms with Crippen LogP contribution in [0.15, 0.2) is 18.2 Å². The number of carboxylic acids is 1. The van der Waals surface area contributed by atoms with Crippen molar-refractivity contribution in [3.05, 3.63) is 29.3 Å². The molecule has 0 fully saturated rings. The minimum Gasteiger partial charge on any atom is -0.490 e. The predicted molar refractivity (Wildman–Crippen MR) is 94.8 cm³/mol. The number of aliphatic carboxylic acids is 1. The maximum Gasteiger partial charge on any atom is 0.310 e. The molecular weight excluding hydrogens is 320 g/mol. The minimum atomic E-state index is -0.811. The van der Waals surface area contributed by atoms with Gasteiger partial charge in [0, 0.05) is 0 Å². The van der Waals surface area contributed by atoms with E-state index in [1.807, 2.05) is 39.0 Å². The average molecular weight is 348 g/mol. The molecule has 0 aromatic heterocycles. The Morgan fingerprint density at radius 2 is 1.92 bits per heavy atom. The van der Waals surface area contributed by atoms with Crippen molar-refractivity contribution in [3.63, 3.8) is 0 Å². The molecule has 0 saturated heterocycles. The minimum absolute atomic E-state index is 0.102. The summed E-state index contributed by atoms with van der Waals surface area (Å²) in [5.74, 6) is -0.273. The van der Waals surface area contributed by atoms with Crippen molar-refractivity contribution in [1.29, 1.82) is 0 Å². The van der Waals surface area contributed by atoms with Gasteiger partial charge in [-0.2, -0.15) is 0 Å². The molecule has 0 saturated carbocycles. The highest BCUT2D eigenvalue weighted by Crippen LogP contribution is 2.34. The zero-order valence-corrected chi connectivity index (χ0v) is 15.7. The van der Waals surface area contributed by atoms with Crippen LogP contribution in [0, 0.1) is 5.41 Å². The van der Waals surface area contributed by atoms with Crippen LogP contribution in [0.3, 0.4) is 0 Å². The van der Waals surface area contributed by atoms with Crippen LogP contribution in [-0.2, 0) is 27.2 Å². The number of hydrogen-bond donors (Lipinski definition) is 1. The van der Waals surface area contributed by atoms with Crippen molar-refractivity contribution >= 4 is 11.9 Å². The molecule has 1 atom stereocenters. The lowest BCUT2D eigenvalue weighted by atomic mass is 9.84. The molecule has 1 aliphatic heterocycles. The Morgan fingerprint density at radius 3 is 2.52 bits per heavy atom. The summed E-state index contributed by atoms with van der Waals surface area (Å²) in [7, 11) is 0. The molecule has 25 heavy (non-hydrogen) atoms. The van der Waals surface area contributed by atoms with Crippen molar-refractivity contribution in [2.45, 2.75) is 72.0 Å². The normalized spacial score (nSPS) is 17.4. The third-order valence-corrected chi connectivity index (χ3v) is 4.24. The van der Waals surface area contributed by atoms with E-state index in [9.17, 15) is 14.7 Å². The fraction of sp³-hybridized carbons (Fsp3) is 0.600. The SMILES string of the molecule is CC(C)(C)OC(=O)Cc1ccc2c(c1)CC[C@H](CC(C)(C)C(=O)O)O2. The number of carboxylic acid groups (broad SMARTS) is 1. The number of benzene rings is 1. The van der Waals surface area contributed by atoms with E-state index in [2.05, 4.69) is 0 Å². The number of aryl methyl sites for hydroxylation is 1. The summed E-state index contributed by atoms with van der Waals surface area (Å²) in [6, 6.07) is 5.72. The van der Waals surface area contributed by atoms with Gasteiger partial charge >= 0.3 is 11.9 Å². The molecule has 5 heteroatoms. The van der Waals surface area contributed by atoms with E-state index >= 15 is 0 Å². The zero-order valence-electron chi connectivity index (χ0n) is 15.7. The summed E-state index contributed by atoms with van der Waals surface area (Å²) < 4.78 is 11.3. The Balaban J connectivity index is 2.01. The first-order chi connectivity index (χ1) is 11.5. The number of hydrogen-bond acceptors (Lipinski definition) is 4. The zero-order chi connectivity index (χ0) is 18.8. The van der Waals surface area contributed by atoms with E-state index in [0.717, 1.165) is 29.7 Å². The molecule has 0 amide bonds. The Labute approximate surface area is 149 Å². The summed E-state index contributed by atoms with van der Waals surface area (Å²) >= 11 is 0. The monoisotopic (exact) mass is 348 g/mol. The van der Waals surface area contributed by atoms with Crippen molar-refractivity contribution in [2.75, 3.05) is 0 Å². The van der Waals surface area contributed by atoms with Gasteiger partial charge in [-0.1, -0.05) is 12.1 Å². The summed E-state index contributed by atoms with van der Waals surface area (Å²) in [5, 5.41) is 9.27. The van der Waals surface area contributed by atoms with Gasteiger partial charge in [-0.3, -0.25) is 9.59 Å². The largest absolute Gasteiger partial charge is 0.490 e. The third kappa shape index (κ3) is 5.48. The fourth-order valence-corrected chi connectivity index (χ4v) is 2.95. The van der Waals surface area contributed by atoms with Crippen LogP contribution in [0.25, 0.3) is 0 Å². The van der Waals surface area contributed by atoms with Gasteiger partial charge in [-0.05, 0) is 71.1 Å². The van der Waals surface area contributed by atoms with E-state index < -0.39 is 17.0 Å². The van der Waals surface area contributed by atoms with E-state index in [4.69, 9.17) is 9.47 Å². The summed E-state index contributed by atoms with van der Waals surface area (Å²) in [6.07, 6.45) is 2.20. The second-order valence-corrected chi connectivity index (χ2v) is 8.38. The summed E-state index contributed by atoms with van der Waals surface area (Å²) in [4.78, 5) is 23.2. The van der Waals surface area contributed by atoms with E-state index in [-0.39, 0.29) is 18.5 Å². The van der Waals surface area contributed by atoms with Crippen LogP contribution >= 0.6 is 0 Å². The third-order valence-electron chi connectivity index (χ3n) is 4.24. The molecule has 0 spiro atoms. The molecule has 1 N–H and O–H groups in total. The molecular formula is C20H28O5. The highest BCUT2D eigenvalue weighted by molar-refractivity contribution is 5.74. The fourth-order valence-electron chi connectivity index (χ4n) is 2.95. The molecule has 138 valence electrons. The van der Waals surface area contributed by atoms with Gasteiger partial charge in [-0.25, -0.2) is 0 Å². The lowest BCUT2D eigenvalue weighted by molar-refractivity contribution is -0.154. The van der Waals surface area contributed by atoms with Crippen molar-refractivity contribution in [2.24, 2.45) is 5.41 Å². The standard InChI is InChI=1S/C20H28O5/c1-19(2,3)25-17(21)11-13-6-9-16-14(10-13)7-8-15(24-16)12-20(4,5)18(22)23/h6,9-10,15H,7-8,11-12H2,1-5H3,(H,22,23)/t15-/m1/s1. The molecule has 0 bridgehead atoms. The van der Waals surface area contributed by atoms with Gasteiger partial charge in [0.2, 0.25) is 0 Å². The smallest absolute Gasteiger partial charge is 0.310 e. The van der Waals surface area contributed by atoms with Gasteiger partial charge < -0.3 is 14.6 Å². The van der Waals surface area contributed by atoms with Crippen LogP contribution in [0.2, 0.25) is 0 Å². The maximum absolute atomic E-state index is 12.0. The molecule has 0 radical (unpaired) electrons. The number of rotatable bonds is 5. The molecule has 0 aliphatic carbocycles. The number of carbonyl (C=O) groups excluding carboxylic acids is 1. The highest BCUT2D eigenvalue weighted by atomic mass is 16.6. The molecule has 1 aromatic rings. The first-order valence-electron chi connectivity index (χ1n) is 8.70. The second kappa shape index (κ2) is 7.06. The first-order valence-corrected chi connectivity index (χ1v) is 8.70. The Morgan fingerprint density at radius 1 is 1.24 bits per heavy atom. The van der Waals surface area contributed by atoms with Crippen LogP contribution in [0.4, 0.5) is 0 Å². The van der Waals surface area contributed by atoms with E-state index in [0.29, 0.717) is 6.42 Å². The van der Waals surface area contributed by atoms with Crippen LogP contribution < -0.4 is 4.74 Å². The lowest BCUT2D eigenvalue weighted by Gasteiger charge is -2.31. The Kier molecular flexibility index (Phi) is 5.45. The van der Waals surface area contributed by atoms with Crippen molar-refractivity contribution < 1.29 is 24.2 Å². The molecule has 0 unspecified atom stereocenters. The molecule has 5 nitrogen and oxygen atoms in total. The average Bonchev–Trinajstić information content (AvgIpc) is 2.44. The van der Waals surface area contributed by atoms with Crippen LogP contribution in [0.5, 0.6) is 5.75 Å². The summed E-state index contributed by atoms with van der Waals surface area (Å²) in [6.45, 7) is 9.00. The van der Waals surface area contributed by atoms with Gasteiger partial charge in [0.15, 0.2) is 0 Å². The van der Waals surface area contributed by atoms with Gasteiger partial charge in [0.05, 0.1) is 11.8 Å². The van der Waals surface area contributed by atoms with Crippen molar-refractivity contribution in [1.82, 2.24) is 0 Å². The molecule has 2 rings (SSSR count). The van der Waals surface area contributed by atoms with Crippen LogP contribution in [-0.4, -0.2) is 28.8 Å². The van der Waals surface area contributed by atoms with Gasteiger partial charge in [0.25, 0.3) is 0 Å². The number of esters is 1. The Bertz CT molecular complexity index is 655. The quantitative estimate of drug-likeness (QED) is 0.820. The second-order valence-electron chi connectivity index (χ2n) is 8.38. The summed E-state index contributed by atoms with van der Waals surface area (Å²) in [5.41, 5.74) is 0.670. The Hall–Kier alpha value is -2.04. The van der Waals surface area contributed by atoms with Gasteiger partial charge in [0.1, 0.15) is 17.5 Å². The first kappa shape index (κ1) is 19.3. The molecule has 1 heterocycles. The number of fused-ring (bicyclic) bond motifs is 1. The number of carbonyl (C=O) groups is 2. The highest BCUT2D eigenvalue weighted by Gasteiger charge is 2.33. The van der Waals surface area contributed by atoms with Crippen LogP contribution in [0.1, 0.15) is 58.6 Å². The number of ether oxygens (including phenoxy) is 2. The lowest BCUT2D eigenvalue weighted by Crippen LogP contribution is -2.33. The van der Waals surface area contributed by atoms with Crippen molar-refractivity contribution in [3.8, 4) is 5.75 Å².